The van der Waals surface area contributed by atoms with Gasteiger partial charge in [0.15, 0.2) is 0 Å². The molecule has 0 spiro atoms. The minimum atomic E-state index is 0.00750. The van der Waals surface area contributed by atoms with Crippen molar-refractivity contribution in [1.29, 1.82) is 0 Å². The van der Waals surface area contributed by atoms with Crippen LogP contribution < -0.4 is 10.6 Å². The highest BCUT2D eigenvalue weighted by Gasteiger charge is 2.35. The van der Waals surface area contributed by atoms with E-state index in [2.05, 4.69) is 10.6 Å². The predicted octanol–water partition coefficient (Wildman–Crippen LogP) is -1.35. The molecule has 2 aliphatic rings. The third-order valence-corrected chi connectivity index (χ3v) is 3.20. The molecule has 86 valence electrons. The molecule has 1 amide bonds. The molecule has 2 aliphatic heterocycles. The van der Waals surface area contributed by atoms with Gasteiger partial charge in [-0.3, -0.25) is 4.79 Å². The highest BCUT2D eigenvalue weighted by atomic mass is 16.5. The standard InChI is InChI=1S/C10H19N3O2/c1-11-9-7-15-6-8(9)10(14)13-4-2-12-3-5-13/h8-9,11-12H,2-7H2,1H3. The molecule has 5 heteroatoms. The number of amides is 1. The molecule has 2 rings (SSSR count). The molecule has 2 unspecified atom stereocenters. The Hall–Kier alpha value is -0.650. The molecule has 2 saturated heterocycles. The average Bonchev–Trinajstić information content (AvgIpc) is 2.77. The molecule has 2 atom stereocenters. The summed E-state index contributed by atoms with van der Waals surface area (Å²) in [5.41, 5.74) is 0. The van der Waals surface area contributed by atoms with Gasteiger partial charge < -0.3 is 20.3 Å². The smallest absolute Gasteiger partial charge is 0.229 e. The number of likely N-dealkylation sites (N-methyl/N-ethyl adjacent to an activating group) is 1. The fourth-order valence-corrected chi connectivity index (χ4v) is 2.20. The van der Waals surface area contributed by atoms with Crippen molar-refractivity contribution < 1.29 is 9.53 Å². The van der Waals surface area contributed by atoms with Crippen LogP contribution in [0.15, 0.2) is 0 Å². The zero-order chi connectivity index (χ0) is 10.7. The molecule has 0 aromatic rings. The lowest BCUT2D eigenvalue weighted by Crippen LogP contribution is -2.51. The first-order valence-electron chi connectivity index (χ1n) is 5.57. The Morgan fingerprint density at radius 3 is 2.80 bits per heavy atom. The van der Waals surface area contributed by atoms with E-state index in [0.29, 0.717) is 13.2 Å². The van der Waals surface area contributed by atoms with Gasteiger partial charge in [0, 0.05) is 32.2 Å². The molecule has 2 N–H and O–H groups in total. The monoisotopic (exact) mass is 213 g/mol. The molecule has 0 aliphatic carbocycles. The number of hydrogen-bond acceptors (Lipinski definition) is 4. The maximum Gasteiger partial charge on any atom is 0.229 e. The Balaban J connectivity index is 1.93. The predicted molar refractivity (Wildman–Crippen MR) is 56.6 cm³/mol. The second-order valence-electron chi connectivity index (χ2n) is 4.11. The van der Waals surface area contributed by atoms with E-state index >= 15 is 0 Å². The molecule has 0 aromatic carbocycles. The largest absolute Gasteiger partial charge is 0.379 e. The molecular weight excluding hydrogens is 194 g/mol. The summed E-state index contributed by atoms with van der Waals surface area (Å²) in [7, 11) is 1.89. The number of rotatable bonds is 2. The summed E-state index contributed by atoms with van der Waals surface area (Å²) in [6.07, 6.45) is 0. The topological polar surface area (TPSA) is 53.6 Å². The summed E-state index contributed by atoms with van der Waals surface area (Å²) < 4.78 is 5.35. The van der Waals surface area contributed by atoms with Gasteiger partial charge in [-0.15, -0.1) is 0 Å². The van der Waals surface area contributed by atoms with Crippen molar-refractivity contribution in [3.05, 3.63) is 0 Å². The zero-order valence-corrected chi connectivity index (χ0v) is 9.16. The van der Waals surface area contributed by atoms with Crippen LogP contribution in [0.2, 0.25) is 0 Å². The second-order valence-corrected chi connectivity index (χ2v) is 4.11. The van der Waals surface area contributed by atoms with E-state index in [-0.39, 0.29) is 17.9 Å². The Morgan fingerprint density at radius 2 is 2.13 bits per heavy atom. The average molecular weight is 213 g/mol. The van der Waals surface area contributed by atoms with Crippen molar-refractivity contribution in [3.8, 4) is 0 Å². The minimum Gasteiger partial charge on any atom is -0.379 e. The van der Waals surface area contributed by atoms with Crippen molar-refractivity contribution in [2.24, 2.45) is 5.92 Å². The van der Waals surface area contributed by atoms with Crippen LogP contribution >= 0.6 is 0 Å². The van der Waals surface area contributed by atoms with Gasteiger partial charge >= 0.3 is 0 Å². The van der Waals surface area contributed by atoms with Gasteiger partial charge in [-0.25, -0.2) is 0 Å². The van der Waals surface area contributed by atoms with Crippen LogP contribution in [-0.2, 0) is 9.53 Å². The maximum atomic E-state index is 12.1. The lowest BCUT2D eigenvalue weighted by molar-refractivity contribution is -0.136. The van der Waals surface area contributed by atoms with Crippen molar-refractivity contribution in [3.63, 3.8) is 0 Å². The lowest BCUT2D eigenvalue weighted by Gasteiger charge is -2.30. The summed E-state index contributed by atoms with van der Waals surface area (Å²) in [6.45, 7) is 4.68. The van der Waals surface area contributed by atoms with E-state index in [9.17, 15) is 4.79 Å². The third kappa shape index (κ3) is 2.30. The molecule has 0 aromatic heterocycles. The van der Waals surface area contributed by atoms with Crippen LogP contribution in [0.25, 0.3) is 0 Å². The van der Waals surface area contributed by atoms with Gasteiger partial charge in [-0.1, -0.05) is 0 Å². The molecular formula is C10H19N3O2. The number of piperazine rings is 1. The van der Waals surface area contributed by atoms with Gasteiger partial charge in [-0.2, -0.15) is 0 Å². The van der Waals surface area contributed by atoms with E-state index in [1.807, 2.05) is 11.9 Å². The van der Waals surface area contributed by atoms with E-state index in [1.165, 1.54) is 0 Å². The highest BCUT2D eigenvalue weighted by Crippen LogP contribution is 2.16. The van der Waals surface area contributed by atoms with Crippen LogP contribution in [0.4, 0.5) is 0 Å². The van der Waals surface area contributed by atoms with Crippen LogP contribution in [0, 0.1) is 5.92 Å². The molecule has 2 fully saturated rings. The normalized spacial score (nSPS) is 31.9. The summed E-state index contributed by atoms with van der Waals surface area (Å²) in [5, 5.41) is 6.39. The Morgan fingerprint density at radius 1 is 1.40 bits per heavy atom. The Kier molecular flexibility index (Phi) is 3.56. The first-order valence-corrected chi connectivity index (χ1v) is 5.57. The van der Waals surface area contributed by atoms with Gasteiger partial charge in [-0.05, 0) is 7.05 Å². The molecule has 5 nitrogen and oxygen atoms in total. The summed E-state index contributed by atoms with van der Waals surface area (Å²) in [5.74, 6) is 0.251. The molecule has 0 saturated carbocycles. The van der Waals surface area contributed by atoms with Gasteiger partial charge in [0.1, 0.15) is 0 Å². The Bertz CT molecular complexity index is 229. The van der Waals surface area contributed by atoms with Crippen LogP contribution in [0.1, 0.15) is 0 Å². The molecule has 0 bridgehead atoms. The quantitative estimate of drug-likeness (QED) is 0.596. The van der Waals surface area contributed by atoms with Crippen molar-refractivity contribution in [2.75, 3.05) is 46.4 Å². The van der Waals surface area contributed by atoms with Crippen LogP contribution in [0.3, 0.4) is 0 Å². The minimum absolute atomic E-state index is 0.00750. The molecule has 15 heavy (non-hydrogen) atoms. The number of nitrogens with zero attached hydrogens (tertiary/aromatic N) is 1. The number of nitrogens with one attached hydrogen (secondary N) is 2. The lowest BCUT2D eigenvalue weighted by atomic mass is 10.0. The van der Waals surface area contributed by atoms with Crippen LogP contribution in [-0.4, -0.2) is 63.3 Å². The van der Waals surface area contributed by atoms with Gasteiger partial charge in [0.05, 0.1) is 19.1 Å². The van der Waals surface area contributed by atoms with E-state index < -0.39 is 0 Å². The van der Waals surface area contributed by atoms with Gasteiger partial charge in [0.25, 0.3) is 0 Å². The Labute approximate surface area is 90.1 Å². The van der Waals surface area contributed by atoms with Crippen molar-refractivity contribution >= 4 is 5.91 Å². The van der Waals surface area contributed by atoms with E-state index in [0.717, 1.165) is 26.2 Å². The van der Waals surface area contributed by atoms with Crippen LogP contribution in [0.5, 0.6) is 0 Å². The van der Waals surface area contributed by atoms with Crippen molar-refractivity contribution in [2.45, 2.75) is 6.04 Å². The number of carbonyl (C=O) groups excluding carboxylic acids is 1. The van der Waals surface area contributed by atoms with E-state index in [4.69, 9.17) is 4.74 Å². The summed E-state index contributed by atoms with van der Waals surface area (Å²) >= 11 is 0. The zero-order valence-electron chi connectivity index (χ0n) is 9.16. The molecule has 2 heterocycles. The summed E-state index contributed by atoms with van der Waals surface area (Å²) in [4.78, 5) is 14.1. The fourth-order valence-electron chi connectivity index (χ4n) is 2.20. The van der Waals surface area contributed by atoms with E-state index in [1.54, 1.807) is 0 Å². The van der Waals surface area contributed by atoms with Crippen molar-refractivity contribution in [1.82, 2.24) is 15.5 Å². The second kappa shape index (κ2) is 4.92. The molecule has 0 radical (unpaired) electrons. The highest BCUT2D eigenvalue weighted by molar-refractivity contribution is 5.80. The SMILES string of the molecule is CNC1COCC1C(=O)N1CCNCC1. The first-order chi connectivity index (χ1) is 7.33. The maximum absolute atomic E-state index is 12.1. The fraction of sp³-hybridized carbons (Fsp3) is 0.900. The summed E-state index contributed by atoms with van der Waals surface area (Å²) in [6, 6.07) is 0.187. The number of carbonyl (C=O) groups is 1. The third-order valence-electron chi connectivity index (χ3n) is 3.20. The number of ether oxygens (including phenoxy) is 1. The number of hydrogen-bond donors (Lipinski definition) is 2. The first kappa shape index (κ1) is 10.9. The van der Waals surface area contributed by atoms with Gasteiger partial charge in [0.2, 0.25) is 5.91 Å².